The van der Waals surface area contributed by atoms with Crippen LogP contribution in [0.15, 0.2) is 30.3 Å². The number of nitrogen functional groups attached to an aromatic ring is 1. The molecular formula is C13H17N5O2. The van der Waals surface area contributed by atoms with Crippen LogP contribution in [0.1, 0.15) is 18.6 Å². The van der Waals surface area contributed by atoms with Gasteiger partial charge in [0.05, 0.1) is 12.7 Å². The van der Waals surface area contributed by atoms with Gasteiger partial charge in [0, 0.05) is 6.54 Å². The standard InChI is InChI=1S/C13H17N5O2/c1-2-20-13-17-11(14)16-12(18-13)15-8-10(19)9-6-4-3-5-7-9/h3-7,10,19H,2,8H2,1H3,(H3,14,15,16,17,18). The minimum absolute atomic E-state index is 0.0696. The third-order valence-electron chi connectivity index (χ3n) is 2.54. The second-order valence-corrected chi connectivity index (χ2v) is 4.04. The summed E-state index contributed by atoms with van der Waals surface area (Å²) < 4.78 is 5.17. The first-order chi connectivity index (χ1) is 9.69. The molecule has 4 N–H and O–H groups in total. The van der Waals surface area contributed by atoms with E-state index in [-0.39, 0.29) is 24.5 Å². The van der Waals surface area contributed by atoms with Crippen molar-refractivity contribution in [3.63, 3.8) is 0 Å². The highest BCUT2D eigenvalue weighted by molar-refractivity contribution is 5.33. The third kappa shape index (κ3) is 3.79. The average molecular weight is 275 g/mol. The van der Waals surface area contributed by atoms with Crippen LogP contribution in [-0.4, -0.2) is 33.2 Å². The maximum atomic E-state index is 10.0. The maximum Gasteiger partial charge on any atom is 0.323 e. The summed E-state index contributed by atoms with van der Waals surface area (Å²) in [7, 11) is 0. The van der Waals surface area contributed by atoms with Crippen LogP contribution in [0.4, 0.5) is 11.9 Å². The number of aromatic nitrogens is 3. The van der Waals surface area contributed by atoms with Crippen LogP contribution < -0.4 is 15.8 Å². The number of hydrogen-bond donors (Lipinski definition) is 3. The smallest absolute Gasteiger partial charge is 0.323 e. The molecule has 0 aliphatic rings. The fraction of sp³-hybridized carbons (Fsp3) is 0.308. The Labute approximate surface area is 116 Å². The first kappa shape index (κ1) is 14.0. The fourth-order valence-electron chi connectivity index (χ4n) is 1.63. The molecule has 0 amide bonds. The Morgan fingerprint density at radius 2 is 2.00 bits per heavy atom. The number of rotatable bonds is 6. The first-order valence-corrected chi connectivity index (χ1v) is 6.30. The van der Waals surface area contributed by atoms with Gasteiger partial charge in [-0.25, -0.2) is 0 Å². The lowest BCUT2D eigenvalue weighted by Gasteiger charge is -2.12. The van der Waals surface area contributed by atoms with Crippen molar-refractivity contribution in [1.29, 1.82) is 0 Å². The van der Waals surface area contributed by atoms with Crippen molar-refractivity contribution >= 4 is 11.9 Å². The molecule has 0 spiro atoms. The molecule has 1 aromatic carbocycles. The number of ether oxygens (including phenoxy) is 1. The summed E-state index contributed by atoms with van der Waals surface area (Å²) in [6.45, 7) is 2.53. The Bertz CT molecular complexity index is 550. The number of nitrogens with one attached hydrogen (secondary N) is 1. The Hall–Kier alpha value is -2.41. The van der Waals surface area contributed by atoms with Crippen molar-refractivity contribution in [3.05, 3.63) is 35.9 Å². The van der Waals surface area contributed by atoms with Crippen LogP contribution in [0.25, 0.3) is 0 Å². The number of anilines is 2. The summed E-state index contributed by atoms with van der Waals surface area (Å²) in [6.07, 6.45) is -0.662. The molecule has 1 atom stereocenters. The Balaban J connectivity index is 2.00. The number of aliphatic hydroxyl groups excluding tert-OH is 1. The van der Waals surface area contributed by atoms with Gasteiger partial charge in [0.1, 0.15) is 0 Å². The van der Waals surface area contributed by atoms with E-state index < -0.39 is 6.10 Å². The number of hydrogen-bond acceptors (Lipinski definition) is 7. The van der Waals surface area contributed by atoms with E-state index in [2.05, 4.69) is 20.3 Å². The highest BCUT2D eigenvalue weighted by atomic mass is 16.5. The highest BCUT2D eigenvalue weighted by Gasteiger charge is 2.09. The summed E-state index contributed by atoms with van der Waals surface area (Å²) in [6, 6.07) is 9.49. The zero-order valence-corrected chi connectivity index (χ0v) is 11.2. The fourth-order valence-corrected chi connectivity index (χ4v) is 1.63. The third-order valence-corrected chi connectivity index (χ3v) is 2.54. The predicted molar refractivity (Wildman–Crippen MR) is 75.3 cm³/mol. The monoisotopic (exact) mass is 275 g/mol. The van der Waals surface area contributed by atoms with E-state index in [1.807, 2.05) is 37.3 Å². The number of nitrogens with zero attached hydrogens (tertiary/aromatic N) is 3. The van der Waals surface area contributed by atoms with Gasteiger partial charge in [-0.2, -0.15) is 15.0 Å². The lowest BCUT2D eigenvalue weighted by atomic mass is 10.1. The molecule has 0 aliphatic heterocycles. The van der Waals surface area contributed by atoms with E-state index in [9.17, 15) is 5.11 Å². The van der Waals surface area contributed by atoms with Gasteiger partial charge in [-0.3, -0.25) is 0 Å². The molecule has 1 heterocycles. The molecule has 0 aliphatic carbocycles. The SMILES string of the molecule is CCOc1nc(N)nc(NCC(O)c2ccccc2)n1. The zero-order chi connectivity index (χ0) is 14.4. The topological polar surface area (TPSA) is 106 Å². The van der Waals surface area contributed by atoms with Crippen molar-refractivity contribution in [1.82, 2.24) is 15.0 Å². The van der Waals surface area contributed by atoms with E-state index in [0.29, 0.717) is 6.61 Å². The van der Waals surface area contributed by atoms with Crippen LogP contribution >= 0.6 is 0 Å². The molecule has 0 radical (unpaired) electrons. The molecule has 2 aromatic rings. The van der Waals surface area contributed by atoms with Crippen molar-refractivity contribution in [2.24, 2.45) is 0 Å². The number of nitrogens with two attached hydrogens (primary N) is 1. The Kier molecular flexibility index (Phi) is 4.67. The van der Waals surface area contributed by atoms with Gasteiger partial charge in [-0.15, -0.1) is 0 Å². The summed E-state index contributed by atoms with van der Waals surface area (Å²) in [5.41, 5.74) is 6.37. The summed E-state index contributed by atoms with van der Waals surface area (Å²) >= 11 is 0. The summed E-state index contributed by atoms with van der Waals surface area (Å²) in [5.74, 6) is 0.344. The predicted octanol–water partition coefficient (Wildman–Crippen LogP) is 0.998. The minimum Gasteiger partial charge on any atom is -0.464 e. The molecule has 7 nitrogen and oxygen atoms in total. The van der Waals surface area contributed by atoms with E-state index in [0.717, 1.165) is 5.56 Å². The lowest BCUT2D eigenvalue weighted by molar-refractivity contribution is 0.191. The lowest BCUT2D eigenvalue weighted by Crippen LogP contribution is -2.15. The van der Waals surface area contributed by atoms with Crippen molar-refractivity contribution < 1.29 is 9.84 Å². The van der Waals surface area contributed by atoms with Crippen molar-refractivity contribution in [2.45, 2.75) is 13.0 Å². The number of benzene rings is 1. The van der Waals surface area contributed by atoms with E-state index in [4.69, 9.17) is 10.5 Å². The molecule has 0 saturated carbocycles. The summed E-state index contributed by atoms with van der Waals surface area (Å²) in [4.78, 5) is 11.8. The second-order valence-electron chi connectivity index (χ2n) is 4.04. The highest BCUT2D eigenvalue weighted by Crippen LogP contribution is 2.14. The second kappa shape index (κ2) is 6.67. The van der Waals surface area contributed by atoms with Crippen LogP contribution in [-0.2, 0) is 0 Å². The van der Waals surface area contributed by atoms with Gasteiger partial charge in [0.2, 0.25) is 11.9 Å². The van der Waals surface area contributed by atoms with E-state index in [1.165, 1.54) is 0 Å². The van der Waals surface area contributed by atoms with Crippen molar-refractivity contribution in [2.75, 3.05) is 24.2 Å². The van der Waals surface area contributed by atoms with Crippen LogP contribution in [0.3, 0.4) is 0 Å². The van der Waals surface area contributed by atoms with Crippen molar-refractivity contribution in [3.8, 4) is 6.01 Å². The van der Waals surface area contributed by atoms with E-state index in [1.54, 1.807) is 0 Å². The van der Waals surface area contributed by atoms with Crippen LogP contribution in [0, 0.1) is 0 Å². The quantitative estimate of drug-likeness (QED) is 0.722. The molecule has 1 aromatic heterocycles. The van der Waals surface area contributed by atoms with Gasteiger partial charge in [-0.1, -0.05) is 30.3 Å². The first-order valence-electron chi connectivity index (χ1n) is 6.30. The minimum atomic E-state index is -0.662. The molecule has 106 valence electrons. The largest absolute Gasteiger partial charge is 0.464 e. The molecule has 7 heteroatoms. The maximum absolute atomic E-state index is 10.0. The number of aliphatic hydroxyl groups is 1. The summed E-state index contributed by atoms with van der Waals surface area (Å²) in [5, 5.41) is 12.9. The van der Waals surface area contributed by atoms with Gasteiger partial charge >= 0.3 is 6.01 Å². The molecule has 0 saturated heterocycles. The van der Waals surface area contributed by atoms with Crippen LogP contribution in [0.5, 0.6) is 6.01 Å². The molecule has 0 bridgehead atoms. The Morgan fingerprint density at radius 1 is 1.25 bits per heavy atom. The molecular weight excluding hydrogens is 258 g/mol. The van der Waals surface area contributed by atoms with Gasteiger partial charge in [0.15, 0.2) is 0 Å². The average Bonchev–Trinajstić information content (AvgIpc) is 2.45. The van der Waals surface area contributed by atoms with Gasteiger partial charge < -0.3 is 20.9 Å². The van der Waals surface area contributed by atoms with Gasteiger partial charge in [0.25, 0.3) is 0 Å². The zero-order valence-electron chi connectivity index (χ0n) is 11.2. The molecule has 0 fully saturated rings. The molecule has 20 heavy (non-hydrogen) atoms. The molecule has 1 unspecified atom stereocenters. The van der Waals surface area contributed by atoms with Crippen LogP contribution in [0.2, 0.25) is 0 Å². The van der Waals surface area contributed by atoms with E-state index >= 15 is 0 Å². The normalized spacial score (nSPS) is 11.9. The van der Waals surface area contributed by atoms with Gasteiger partial charge in [-0.05, 0) is 12.5 Å². The Morgan fingerprint density at radius 3 is 2.70 bits per heavy atom. The molecule has 2 rings (SSSR count).